The van der Waals surface area contributed by atoms with E-state index in [1.807, 2.05) is 4.90 Å². The van der Waals surface area contributed by atoms with Crippen molar-refractivity contribution in [3.8, 4) is 0 Å². The summed E-state index contributed by atoms with van der Waals surface area (Å²) in [7, 11) is 0. The van der Waals surface area contributed by atoms with E-state index in [1.165, 1.54) is 18.4 Å². The van der Waals surface area contributed by atoms with Gasteiger partial charge in [-0.25, -0.2) is 0 Å². The van der Waals surface area contributed by atoms with Crippen molar-refractivity contribution in [3.63, 3.8) is 0 Å². The molecule has 96 valence electrons. The Morgan fingerprint density at radius 3 is 2.94 bits per heavy atom. The smallest absolute Gasteiger partial charge is 0.226 e. The van der Waals surface area contributed by atoms with Crippen LogP contribution < -0.4 is 5.73 Å². The van der Waals surface area contributed by atoms with Gasteiger partial charge in [0.05, 0.1) is 0 Å². The molecule has 3 nitrogen and oxygen atoms in total. The van der Waals surface area contributed by atoms with Gasteiger partial charge in [-0.05, 0) is 38.6 Å². The van der Waals surface area contributed by atoms with Crippen molar-refractivity contribution < 1.29 is 4.79 Å². The Labute approximate surface area is 104 Å². The molecule has 0 spiro atoms. The van der Waals surface area contributed by atoms with Gasteiger partial charge < -0.3 is 10.6 Å². The standard InChI is InChI=1S/C14H24N2O/c1-11-5-4-8-16(10-11)14(17)13-7-3-2-6-12(13)9-15/h5,12-13H,2-4,6-10,15H2,1H3. The Morgan fingerprint density at radius 1 is 1.47 bits per heavy atom. The summed E-state index contributed by atoms with van der Waals surface area (Å²) in [6.07, 6.45) is 7.86. The predicted molar refractivity (Wildman–Crippen MR) is 69.5 cm³/mol. The molecule has 2 unspecified atom stereocenters. The van der Waals surface area contributed by atoms with Gasteiger partial charge in [-0.3, -0.25) is 4.79 Å². The van der Waals surface area contributed by atoms with Crippen LogP contribution in [0.15, 0.2) is 11.6 Å². The molecule has 1 aliphatic heterocycles. The number of nitrogens with two attached hydrogens (primary N) is 1. The highest BCUT2D eigenvalue weighted by molar-refractivity contribution is 5.79. The van der Waals surface area contributed by atoms with Gasteiger partial charge >= 0.3 is 0 Å². The number of rotatable bonds is 2. The molecule has 1 heterocycles. The Balaban J connectivity index is 2.00. The van der Waals surface area contributed by atoms with E-state index < -0.39 is 0 Å². The zero-order valence-electron chi connectivity index (χ0n) is 10.8. The van der Waals surface area contributed by atoms with E-state index >= 15 is 0 Å². The molecule has 1 amide bonds. The first kappa shape index (κ1) is 12.6. The normalized spacial score (nSPS) is 30.0. The van der Waals surface area contributed by atoms with Gasteiger partial charge in [0.15, 0.2) is 0 Å². The van der Waals surface area contributed by atoms with Crippen LogP contribution >= 0.6 is 0 Å². The maximum atomic E-state index is 12.5. The third-order valence-corrected chi connectivity index (χ3v) is 4.17. The van der Waals surface area contributed by atoms with E-state index in [0.717, 1.165) is 32.4 Å². The molecule has 0 bridgehead atoms. The molecule has 2 N–H and O–H groups in total. The molecule has 0 saturated heterocycles. The van der Waals surface area contributed by atoms with Crippen LogP contribution in [0.5, 0.6) is 0 Å². The van der Waals surface area contributed by atoms with Crippen LogP contribution in [0.4, 0.5) is 0 Å². The number of carbonyl (C=O) groups is 1. The lowest BCUT2D eigenvalue weighted by atomic mass is 9.78. The van der Waals surface area contributed by atoms with Gasteiger partial charge in [0.2, 0.25) is 5.91 Å². The largest absolute Gasteiger partial charge is 0.338 e. The summed E-state index contributed by atoms with van der Waals surface area (Å²) in [6.45, 7) is 4.50. The van der Waals surface area contributed by atoms with E-state index in [4.69, 9.17) is 5.73 Å². The zero-order chi connectivity index (χ0) is 12.3. The molecule has 0 aromatic carbocycles. The fourth-order valence-electron chi connectivity index (χ4n) is 3.15. The highest BCUT2D eigenvalue weighted by Crippen LogP contribution is 2.31. The minimum absolute atomic E-state index is 0.194. The molecule has 1 fully saturated rings. The molecule has 3 heteroatoms. The van der Waals surface area contributed by atoms with Gasteiger partial charge in [0, 0.05) is 19.0 Å². The van der Waals surface area contributed by atoms with Gasteiger partial charge in [0.25, 0.3) is 0 Å². The molecule has 2 aliphatic rings. The van der Waals surface area contributed by atoms with Gasteiger partial charge in [0.1, 0.15) is 0 Å². The van der Waals surface area contributed by atoms with Gasteiger partial charge in [-0.1, -0.05) is 24.5 Å². The first-order chi connectivity index (χ1) is 8.22. The first-order valence-corrected chi connectivity index (χ1v) is 6.87. The number of nitrogens with zero attached hydrogens (tertiary/aromatic N) is 1. The summed E-state index contributed by atoms with van der Waals surface area (Å²) >= 11 is 0. The second-order valence-corrected chi connectivity index (χ2v) is 5.49. The third-order valence-electron chi connectivity index (χ3n) is 4.17. The number of hydrogen-bond acceptors (Lipinski definition) is 2. The maximum Gasteiger partial charge on any atom is 0.226 e. The first-order valence-electron chi connectivity index (χ1n) is 6.87. The van der Waals surface area contributed by atoms with Gasteiger partial charge in [-0.15, -0.1) is 0 Å². The molecule has 2 rings (SSSR count). The van der Waals surface area contributed by atoms with E-state index in [-0.39, 0.29) is 5.92 Å². The lowest BCUT2D eigenvalue weighted by Gasteiger charge is -2.35. The molecule has 1 saturated carbocycles. The fraction of sp³-hybridized carbons (Fsp3) is 0.786. The van der Waals surface area contributed by atoms with Crippen LogP contribution in [0.1, 0.15) is 39.0 Å². The van der Waals surface area contributed by atoms with E-state index in [2.05, 4.69) is 13.0 Å². The van der Waals surface area contributed by atoms with Crippen LogP contribution in [-0.4, -0.2) is 30.4 Å². The second kappa shape index (κ2) is 5.67. The number of amides is 1. The van der Waals surface area contributed by atoms with Crippen molar-refractivity contribution in [3.05, 3.63) is 11.6 Å². The summed E-state index contributed by atoms with van der Waals surface area (Å²) < 4.78 is 0. The summed E-state index contributed by atoms with van der Waals surface area (Å²) in [5.41, 5.74) is 7.13. The molecule has 2 atom stereocenters. The molecule has 0 aromatic heterocycles. The van der Waals surface area contributed by atoms with E-state index in [9.17, 15) is 4.79 Å². The third kappa shape index (κ3) is 2.89. The van der Waals surface area contributed by atoms with Crippen molar-refractivity contribution in [1.82, 2.24) is 4.90 Å². The van der Waals surface area contributed by atoms with Crippen molar-refractivity contribution in [2.45, 2.75) is 39.0 Å². The number of hydrogen-bond donors (Lipinski definition) is 1. The number of carbonyl (C=O) groups excluding carboxylic acids is 1. The Kier molecular flexibility index (Phi) is 4.21. The molecule has 0 aromatic rings. The molecule has 0 radical (unpaired) electrons. The fourth-order valence-corrected chi connectivity index (χ4v) is 3.15. The van der Waals surface area contributed by atoms with E-state index in [0.29, 0.717) is 18.4 Å². The quantitative estimate of drug-likeness (QED) is 0.745. The summed E-state index contributed by atoms with van der Waals surface area (Å²) in [5, 5.41) is 0. The van der Waals surface area contributed by atoms with Crippen LogP contribution in [0.25, 0.3) is 0 Å². The molecule has 17 heavy (non-hydrogen) atoms. The van der Waals surface area contributed by atoms with Crippen LogP contribution in [0.3, 0.4) is 0 Å². The van der Waals surface area contributed by atoms with E-state index in [1.54, 1.807) is 0 Å². The van der Waals surface area contributed by atoms with Crippen molar-refractivity contribution in [2.24, 2.45) is 17.6 Å². The summed E-state index contributed by atoms with van der Waals surface area (Å²) in [5.74, 6) is 0.967. The Morgan fingerprint density at radius 2 is 2.24 bits per heavy atom. The molecular weight excluding hydrogens is 212 g/mol. The Bertz CT molecular complexity index is 311. The molecule has 1 aliphatic carbocycles. The lowest BCUT2D eigenvalue weighted by molar-refractivity contribution is -0.138. The summed E-state index contributed by atoms with van der Waals surface area (Å²) in [6, 6.07) is 0. The highest BCUT2D eigenvalue weighted by Gasteiger charge is 2.33. The second-order valence-electron chi connectivity index (χ2n) is 5.49. The van der Waals surface area contributed by atoms with Crippen molar-refractivity contribution >= 4 is 5.91 Å². The zero-order valence-corrected chi connectivity index (χ0v) is 10.8. The summed E-state index contributed by atoms with van der Waals surface area (Å²) in [4.78, 5) is 14.5. The van der Waals surface area contributed by atoms with Gasteiger partial charge in [-0.2, -0.15) is 0 Å². The SMILES string of the molecule is CC1=CCCN(C(=O)C2CCCCC2CN)C1. The lowest BCUT2D eigenvalue weighted by Crippen LogP contribution is -2.44. The van der Waals surface area contributed by atoms with Crippen LogP contribution in [-0.2, 0) is 4.79 Å². The minimum Gasteiger partial charge on any atom is -0.338 e. The monoisotopic (exact) mass is 236 g/mol. The highest BCUT2D eigenvalue weighted by atomic mass is 16.2. The minimum atomic E-state index is 0.194. The predicted octanol–water partition coefficient (Wildman–Crippen LogP) is 1.93. The topological polar surface area (TPSA) is 46.3 Å². The average molecular weight is 236 g/mol. The van der Waals surface area contributed by atoms with Crippen molar-refractivity contribution in [2.75, 3.05) is 19.6 Å². The van der Waals surface area contributed by atoms with Crippen molar-refractivity contribution in [1.29, 1.82) is 0 Å². The van der Waals surface area contributed by atoms with Crippen LogP contribution in [0, 0.1) is 11.8 Å². The molecular formula is C14H24N2O. The average Bonchev–Trinajstić information content (AvgIpc) is 2.38. The van der Waals surface area contributed by atoms with Crippen LogP contribution in [0.2, 0.25) is 0 Å². The Hall–Kier alpha value is -0.830. The maximum absolute atomic E-state index is 12.5.